The van der Waals surface area contributed by atoms with Gasteiger partial charge in [0.25, 0.3) is 0 Å². The van der Waals surface area contributed by atoms with Gasteiger partial charge in [-0.05, 0) is 12.1 Å². The van der Waals surface area contributed by atoms with Gasteiger partial charge in [-0.15, -0.1) is 0 Å². The van der Waals surface area contributed by atoms with Crippen LogP contribution in [0.1, 0.15) is 6.92 Å². The van der Waals surface area contributed by atoms with E-state index >= 15 is 0 Å². The van der Waals surface area contributed by atoms with Gasteiger partial charge in [-0.3, -0.25) is 0 Å². The van der Waals surface area contributed by atoms with Gasteiger partial charge >= 0.3 is 11.8 Å². The van der Waals surface area contributed by atoms with Crippen molar-refractivity contribution in [3.8, 4) is 5.75 Å². The number of hydrogen-bond acceptors (Lipinski definition) is 3. The molecule has 3 nitrogen and oxygen atoms in total. The highest BCUT2D eigenvalue weighted by Crippen LogP contribution is 2.16. The largest absolute Gasteiger partial charge is 0.422 e. The molecule has 14 heavy (non-hydrogen) atoms. The Labute approximate surface area is 81.4 Å². The van der Waals surface area contributed by atoms with Gasteiger partial charge in [0, 0.05) is 14.0 Å². The van der Waals surface area contributed by atoms with Crippen molar-refractivity contribution in [3.05, 3.63) is 30.3 Å². The fraction of sp³-hybridized carbons (Fsp3) is 0.300. The van der Waals surface area contributed by atoms with Crippen molar-refractivity contribution in [3.63, 3.8) is 0 Å². The number of para-hydroxylation sites is 1. The summed E-state index contributed by atoms with van der Waals surface area (Å²) < 4.78 is 22.3. The lowest BCUT2D eigenvalue weighted by molar-refractivity contribution is -0.179. The van der Waals surface area contributed by atoms with Crippen LogP contribution in [0.2, 0.25) is 0 Å². The molecule has 1 rings (SSSR count). The van der Waals surface area contributed by atoms with Crippen LogP contribution in [0, 0.1) is 0 Å². The first-order chi connectivity index (χ1) is 6.56. The summed E-state index contributed by atoms with van der Waals surface area (Å²) in [4.78, 5) is 11.1. The third kappa shape index (κ3) is 2.53. The molecule has 0 aliphatic heterocycles. The van der Waals surface area contributed by atoms with Crippen LogP contribution in [0.25, 0.3) is 0 Å². The average molecular weight is 198 g/mol. The van der Waals surface area contributed by atoms with E-state index < -0.39 is 11.8 Å². The highest BCUT2D eigenvalue weighted by molar-refractivity contribution is 5.79. The van der Waals surface area contributed by atoms with Crippen LogP contribution in [0.15, 0.2) is 30.3 Å². The fourth-order valence-corrected chi connectivity index (χ4v) is 0.770. The Kier molecular flexibility index (Phi) is 3.19. The minimum absolute atomic E-state index is 0.290. The average Bonchev–Trinajstić information content (AvgIpc) is 2.19. The molecule has 0 saturated heterocycles. The molecule has 76 valence electrons. The summed E-state index contributed by atoms with van der Waals surface area (Å²) >= 11 is 0. The van der Waals surface area contributed by atoms with E-state index in [1.54, 1.807) is 30.3 Å². The molecule has 4 heteroatoms. The van der Waals surface area contributed by atoms with E-state index in [9.17, 15) is 9.18 Å². The summed E-state index contributed by atoms with van der Waals surface area (Å²) in [7, 11) is 1.10. The second-order valence-electron chi connectivity index (χ2n) is 2.82. The second kappa shape index (κ2) is 4.19. The number of ether oxygens (including phenoxy) is 2. The molecule has 0 spiro atoms. The molecular formula is C10H11FO3. The number of alkyl halides is 1. The molecule has 1 aromatic carbocycles. The van der Waals surface area contributed by atoms with Gasteiger partial charge in [0.05, 0.1) is 0 Å². The maximum atomic E-state index is 13.2. The van der Waals surface area contributed by atoms with E-state index in [-0.39, 0.29) is 0 Å². The van der Waals surface area contributed by atoms with Crippen LogP contribution in [0.4, 0.5) is 4.39 Å². The van der Waals surface area contributed by atoms with Gasteiger partial charge < -0.3 is 9.47 Å². The Morgan fingerprint density at radius 2 is 1.93 bits per heavy atom. The highest BCUT2D eigenvalue weighted by atomic mass is 19.2. The molecule has 0 amide bonds. The Bertz CT molecular complexity index is 308. The van der Waals surface area contributed by atoms with Crippen molar-refractivity contribution >= 4 is 5.97 Å². The SMILES string of the molecule is COC(C)(F)C(=O)Oc1ccccc1. The van der Waals surface area contributed by atoms with Gasteiger partial charge in [-0.25, -0.2) is 4.79 Å². The third-order valence-electron chi connectivity index (χ3n) is 1.70. The van der Waals surface area contributed by atoms with Crippen molar-refractivity contribution in [1.29, 1.82) is 0 Å². The topological polar surface area (TPSA) is 35.5 Å². The number of hydrogen-bond donors (Lipinski definition) is 0. The van der Waals surface area contributed by atoms with Crippen molar-refractivity contribution < 1.29 is 18.7 Å². The molecule has 0 bridgehead atoms. The van der Waals surface area contributed by atoms with Crippen molar-refractivity contribution in [2.24, 2.45) is 0 Å². The molecule has 0 heterocycles. The first kappa shape index (κ1) is 10.7. The minimum atomic E-state index is -2.41. The van der Waals surface area contributed by atoms with Crippen LogP contribution in [-0.2, 0) is 9.53 Å². The third-order valence-corrected chi connectivity index (χ3v) is 1.70. The number of carbonyl (C=O) groups is 1. The number of esters is 1. The molecule has 0 N–H and O–H groups in total. The van der Waals surface area contributed by atoms with Crippen molar-refractivity contribution in [2.45, 2.75) is 12.8 Å². The zero-order chi connectivity index (χ0) is 10.6. The molecule has 0 fully saturated rings. The summed E-state index contributed by atoms with van der Waals surface area (Å²) in [5.41, 5.74) is 0. The summed E-state index contributed by atoms with van der Waals surface area (Å²) in [6.07, 6.45) is 0. The zero-order valence-electron chi connectivity index (χ0n) is 7.99. The van der Waals surface area contributed by atoms with Gasteiger partial charge in [0.2, 0.25) is 0 Å². The van der Waals surface area contributed by atoms with E-state index in [1.807, 2.05) is 0 Å². The van der Waals surface area contributed by atoms with E-state index in [0.29, 0.717) is 5.75 Å². The second-order valence-corrected chi connectivity index (χ2v) is 2.82. The minimum Gasteiger partial charge on any atom is -0.422 e. The Hall–Kier alpha value is -1.42. The van der Waals surface area contributed by atoms with Gasteiger partial charge in [-0.1, -0.05) is 18.2 Å². The molecule has 1 unspecified atom stereocenters. The number of carbonyl (C=O) groups excluding carboxylic acids is 1. The molecular weight excluding hydrogens is 187 g/mol. The zero-order valence-corrected chi connectivity index (χ0v) is 7.99. The Balaban J connectivity index is 2.67. The summed E-state index contributed by atoms with van der Waals surface area (Å²) in [5.74, 6) is -3.18. The first-order valence-corrected chi connectivity index (χ1v) is 4.07. The normalized spacial score (nSPS) is 14.5. The van der Waals surface area contributed by atoms with Crippen LogP contribution in [0.3, 0.4) is 0 Å². The van der Waals surface area contributed by atoms with Gasteiger partial charge in [-0.2, -0.15) is 4.39 Å². The quantitative estimate of drug-likeness (QED) is 0.550. The van der Waals surface area contributed by atoms with Crippen LogP contribution >= 0.6 is 0 Å². The molecule has 0 aliphatic rings. The maximum absolute atomic E-state index is 13.2. The van der Waals surface area contributed by atoms with E-state index in [1.165, 1.54) is 0 Å². The van der Waals surface area contributed by atoms with E-state index in [4.69, 9.17) is 4.74 Å². The lowest BCUT2D eigenvalue weighted by atomic mass is 10.3. The molecule has 0 aromatic heterocycles. The number of rotatable bonds is 3. The molecule has 1 aromatic rings. The molecule has 1 atom stereocenters. The Morgan fingerprint density at radius 3 is 2.43 bits per heavy atom. The highest BCUT2D eigenvalue weighted by Gasteiger charge is 2.35. The number of benzene rings is 1. The van der Waals surface area contributed by atoms with Crippen LogP contribution in [0.5, 0.6) is 5.75 Å². The molecule has 0 saturated carbocycles. The number of methoxy groups -OCH3 is 1. The van der Waals surface area contributed by atoms with Crippen molar-refractivity contribution in [2.75, 3.05) is 7.11 Å². The summed E-state index contributed by atoms with van der Waals surface area (Å²) in [5, 5.41) is 0. The van der Waals surface area contributed by atoms with Crippen LogP contribution in [-0.4, -0.2) is 18.9 Å². The Morgan fingerprint density at radius 1 is 1.36 bits per heavy atom. The smallest absolute Gasteiger partial charge is 0.377 e. The van der Waals surface area contributed by atoms with E-state index in [2.05, 4.69) is 4.74 Å². The monoisotopic (exact) mass is 198 g/mol. The maximum Gasteiger partial charge on any atom is 0.377 e. The molecule has 0 radical (unpaired) electrons. The number of halogens is 1. The standard InChI is InChI=1S/C10H11FO3/c1-10(11,13-2)9(12)14-8-6-4-3-5-7-8/h3-7H,1-2H3. The van der Waals surface area contributed by atoms with Gasteiger partial charge in [0.1, 0.15) is 5.75 Å². The summed E-state index contributed by atoms with van der Waals surface area (Å²) in [6.45, 7) is 0.998. The van der Waals surface area contributed by atoms with Crippen LogP contribution < -0.4 is 4.74 Å². The van der Waals surface area contributed by atoms with Gasteiger partial charge in [0.15, 0.2) is 0 Å². The lowest BCUT2D eigenvalue weighted by Crippen LogP contribution is -2.36. The first-order valence-electron chi connectivity index (χ1n) is 4.07. The van der Waals surface area contributed by atoms with Crippen molar-refractivity contribution in [1.82, 2.24) is 0 Å². The molecule has 0 aliphatic carbocycles. The predicted molar refractivity (Wildman–Crippen MR) is 48.6 cm³/mol. The fourth-order valence-electron chi connectivity index (χ4n) is 0.770. The predicted octanol–water partition coefficient (Wildman–Crippen LogP) is 1.92. The van der Waals surface area contributed by atoms with E-state index in [0.717, 1.165) is 14.0 Å². The summed E-state index contributed by atoms with van der Waals surface area (Å²) in [6, 6.07) is 8.26. The lowest BCUT2D eigenvalue weighted by Gasteiger charge is -2.15.